The summed E-state index contributed by atoms with van der Waals surface area (Å²) < 4.78 is 27.5. The minimum Gasteiger partial charge on any atom is -0.456 e. The Labute approximate surface area is 136 Å². The molecule has 1 amide bonds. The topological polar surface area (TPSA) is 89.5 Å². The van der Waals surface area contributed by atoms with E-state index in [2.05, 4.69) is 5.32 Å². The maximum atomic E-state index is 11.7. The van der Waals surface area contributed by atoms with Crippen molar-refractivity contribution in [1.29, 1.82) is 0 Å². The van der Waals surface area contributed by atoms with Crippen molar-refractivity contribution in [2.45, 2.75) is 26.2 Å². The summed E-state index contributed by atoms with van der Waals surface area (Å²) in [6, 6.07) is 7.42. The van der Waals surface area contributed by atoms with Gasteiger partial charge < -0.3 is 10.1 Å². The van der Waals surface area contributed by atoms with Gasteiger partial charge in [0, 0.05) is 12.1 Å². The van der Waals surface area contributed by atoms with Crippen LogP contribution in [0.1, 0.15) is 25.3 Å². The second-order valence-electron chi connectivity index (χ2n) is 5.73. The van der Waals surface area contributed by atoms with E-state index in [0.29, 0.717) is 12.1 Å². The lowest BCUT2D eigenvalue weighted by molar-refractivity contribution is -0.148. The molecule has 1 N–H and O–H groups in total. The van der Waals surface area contributed by atoms with Crippen LogP contribution in [0.2, 0.25) is 0 Å². The first kappa shape index (κ1) is 17.5. The third kappa shape index (κ3) is 5.67. The highest BCUT2D eigenvalue weighted by Crippen LogP contribution is 2.21. The first-order valence-corrected chi connectivity index (χ1v) is 9.45. The van der Waals surface area contributed by atoms with Crippen LogP contribution in [-0.4, -0.2) is 38.4 Å². The Morgan fingerprint density at radius 2 is 1.96 bits per heavy atom. The summed E-state index contributed by atoms with van der Waals surface area (Å²) >= 11 is 0. The van der Waals surface area contributed by atoms with E-state index in [9.17, 15) is 18.0 Å². The van der Waals surface area contributed by atoms with E-state index in [-0.39, 0.29) is 30.5 Å². The molecular formula is C16H21NO5S. The number of anilines is 1. The normalized spacial score (nSPS) is 19.3. The van der Waals surface area contributed by atoms with E-state index in [1.54, 1.807) is 12.1 Å². The molecule has 0 spiro atoms. The summed E-state index contributed by atoms with van der Waals surface area (Å²) in [4.78, 5) is 23.4. The molecule has 0 bridgehead atoms. The number of ether oxygens (including phenoxy) is 1. The zero-order valence-electron chi connectivity index (χ0n) is 13.1. The number of nitrogens with one attached hydrogen (secondary N) is 1. The standard InChI is InChI=1S/C16H21NO5S/c1-2-12-3-5-14(6-4-12)17-15(18)10-22-16(19)9-13-7-8-23(20,21)11-13/h3-6,13H,2,7-11H2,1H3,(H,17,18)/t13-/m1/s1. The number of benzene rings is 1. The van der Waals surface area contributed by atoms with Crippen molar-refractivity contribution in [1.82, 2.24) is 0 Å². The van der Waals surface area contributed by atoms with Gasteiger partial charge in [-0.2, -0.15) is 0 Å². The molecule has 0 unspecified atom stereocenters. The molecule has 1 fully saturated rings. The second-order valence-corrected chi connectivity index (χ2v) is 7.96. The van der Waals surface area contributed by atoms with Crippen molar-refractivity contribution >= 4 is 27.4 Å². The summed E-state index contributed by atoms with van der Waals surface area (Å²) in [6.45, 7) is 1.68. The molecule has 126 valence electrons. The van der Waals surface area contributed by atoms with Crippen molar-refractivity contribution in [3.8, 4) is 0 Å². The van der Waals surface area contributed by atoms with Crippen LogP contribution in [0.3, 0.4) is 0 Å². The molecule has 7 heteroatoms. The van der Waals surface area contributed by atoms with Crippen molar-refractivity contribution in [2.24, 2.45) is 5.92 Å². The Bertz CT molecular complexity index is 666. The molecule has 23 heavy (non-hydrogen) atoms. The van der Waals surface area contributed by atoms with Crippen molar-refractivity contribution in [2.75, 3.05) is 23.4 Å². The largest absolute Gasteiger partial charge is 0.456 e. The van der Waals surface area contributed by atoms with Gasteiger partial charge in [0.25, 0.3) is 5.91 Å². The number of aryl methyl sites for hydroxylation is 1. The molecule has 0 aromatic heterocycles. The number of amides is 1. The van der Waals surface area contributed by atoms with Crippen LogP contribution in [0.5, 0.6) is 0 Å². The fourth-order valence-corrected chi connectivity index (χ4v) is 4.36. The number of esters is 1. The van der Waals surface area contributed by atoms with E-state index >= 15 is 0 Å². The molecule has 0 saturated carbocycles. The first-order valence-electron chi connectivity index (χ1n) is 7.63. The number of carbonyl (C=O) groups is 2. The van der Waals surface area contributed by atoms with E-state index < -0.39 is 21.7 Å². The molecular weight excluding hydrogens is 318 g/mol. The third-order valence-corrected chi connectivity index (χ3v) is 5.63. The number of rotatable bonds is 6. The Balaban J connectivity index is 1.72. The van der Waals surface area contributed by atoms with Crippen LogP contribution < -0.4 is 5.32 Å². The molecule has 1 heterocycles. The lowest BCUT2D eigenvalue weighted by Gasteiger charge is -2.09. The highest BCUT2D eigenvalue weighted by atomic mass is 32.2. The van der Waals surface area contributed by atoms with Gasteiger partial charge >= 0.3 is 5.97 Å². The molecule has 1 atom stereocenters. The SMILES string of the molecule is CCc1ccc(NC(=O)COC(=O)C[C@H]2CCS(=O)(=O)C2)cc1. The smallest absolute Gasteiger partial charge is 0.306 e. The number of carbonyl (C=O) groups excluding carboxylic acids is 2. The molecule has 1 aliphatic rings. The fraction of sp³-hybridized carbons (Fsp3) is 0.500. The lowest BCUT2D eigenvalue weighted by atomic mass is 10.1. The van der Waals surface area contributed by atoms with Gasteiger partial charge in [-0.05, 0) is 36.5 Å². The molecule has 1 aromatic carbocycles. The number of hydrogen-bond donors (Lipinski definition) is 1. The van der Waals surface area contributed by atoms with E-state index in [0.717, 1.165) is 6.42 Å². The van der Waals surface area contributed by atoms with Crippen molar-refractivity contribution in [3.63, 3.8) is 0 Å². The monoisotopic (exact) mass is 339 g/mol. The lowest BCUT2D eigenvalue weighted by Crippen LogP contribution is -2.22. The predicted octanol–water partition coefficient (Wildman–Crippen LogP) is 1.56. The van der Waals surface area contributed by atoms with E-state index in [4.69, 9.17) is 4.74 Å². The molecule has 1 aliphatic heterocycles. The summed E-state index contributed by atoms with van der Waals surface area (Å²) in [5.74, 6) is -1.00. The maximum Gasteiger partial charge on any atom is 0.306 e. The van der Waals surface area contributed by atoms with Crippen LogP contribution in [-0.2, 0) is 30.6 Å². The molecule has 1 aromatic rings. The first-order chi connectivity index (χ1) is 10.9. The third-order valence-electron chi connectivity index (χ3n) is 3.79. The zero-order valence-corrected chi connectivity index (χ0v) is 13.9. The fourth-order valence-electron chi connectivity index (χ4n) is 2.49. The highest BCUT2D eigenvalue weighted by molar-refractivity contribution is 7.91. The summed E-state index contributed by atoms with van der Waals surface area (Å²) in [6.07, 6.45) is 1.44. The summed E-state index contributed by atoms with van der Waals surface area (Å²) in [5.41, 5.74) is 1.81. The molecule has 0 radical (unpaired) electrons. The summed E-state index contributed by atoms with van der Waals surface area (Å²) in [5, 5.41) is 2.64. The minimum atomic E-state index is -3.01. The minimum absolute atomic E-state index is 0.0259. The van der Waals surface area contributed by atoms with Gasteiger partial charge in [-0.3, -0.25) is 9.59 Å². The highest BCUT2D eigenvalue weighted by Gasteiger charge is 2.29. The second kappa shape index (κ2) is 7.59. The molecule has 1 saturated heterocycles. The zero-order chi connectivity index (χ0) is 16.9. The Morgan fingerprint density at radius 1 is 1.26 bits per heavy atom. The van der Waals surface area contributed by atoms with Gasteiger partial charge in [-0.15, -0.1) is 0 Å². The van der Waals surface area contributed by atoms with Gasteiger partial charge in [0.05, 0.1) is 11.5 Å². The van der Waals surface area contributed by atoms with Gasteiger partial charge in [-0.1, -0.05) is 19.1 Å². The van der Waals surface area contributed by atoms with Crippen LogP contribution in [0.15, 0.2) is 24.3 Å². The van der Waals surface area contributed by atoms with Crippen molar-refractivity contribution < 1.29 is 22.7 Å². The Hall–Kier alpha value is -1.89. The van der Waals surface area contributed by atoms with Gasteiger partial charge in [0.15, 0.2) is 16.4 Å². The quantitative estimate of drug-likeness (QED) is 0.794. The Morgan fingerprint density at radius 3 is 2.52 bits per heavy atom. The van der Waals surface area contributed by atoms with Crippen LogP contribution in [0.25, 0.3) is 0 Å². The summed E-state index contributed by atoms with van der Waals surface area (Å²) in [7, 11) is -3.01. The van der Waals surface area contributed by atoms with Crippen molar-refractivity contribution in [3.05, 3.63) is 29.8 Å². The Kier molecular flexibility index (Phi) is 5.76. The maximum absolute atomic E-state index is 11.7. The average Bonchev–Trinajstić information content (AvgIpc) is 2.85. The number of sulfone groups is 1. The average molecular weight is 339 g/mol. The molecule has 2 rings (SSSR count). The van der Waals surface area contributed by atoms with Crippen LogP contribution >= 0.6 is 0 Å². The predicted molar refractivity (Wildman–Crippen MR) is 86.8 cm³/mol. The van der Waals surface area contributed by atoms with Gasteiger partial charge in [0.1, 0.15) is 0 Å². The van der Waals surface area contributed by atoms with Gasteiger partial charge in [0.2, 0.25) is 0 Å². The van der Waals surface area contributed by atoms with Crippen LogP contribution in [0.4, 0.5) is 5.69 Å². The van der Waals surface area contributed by atoms with E-state index in [1.165, 1.54) is 5.56 Å². The van der Waals surface area contributed by atoms with Crippen LogP contribution in [0, 0.1) is 5.92 Å². The molecule has 6 nitrogen and oxygen atoms in total. The van der Waals surface area contributed by atoms with Gasteiger partial charge in [-0.25, -0.2) is 8.42 Å². The molecule has 0 aliphatic carbocycles. The van der Waals surface area contributed by atoms with E-state index in [1.807, 2.05) is 19.1 Å². The number of hydrogen-bond acceptors (Lipinski definition) is 5.